The second kappa shape index (κ2) is 6.95. The monoisotopic (exact) mass is 298 g/mol. The van der Waals surface area contributed by atoms with Crippen LogP contribution in [0.3, 0.4) is 0 Å². The lowest BCUT2D eigenvalue weighted by atomic mass is 9.94. The van der Waals surface area contributed by atoms with E-state index in [4.69, 9.17) is 4.74 Å². The Morgan fingerprint density at radius 1 is 1.25 bits per heavy atom. The molecule has 0 aromatic heterocycles. The molecular weight excluding hydrogens is 276 g/mol. The Hall–Kier alpha value is -1.26. The van der Waals surface area contributed by atoms with Gasteiger partial charge >= 0.3 is 6.09 Å². The van der Waals surface area contributed by atoms with Crippen molar-refractivity contribution in [3.8, 4) is 0 Å². The summed E-state index contributed by atoms with van der Waals surface area (Å²) in [5.41, 5.74) is 0.784. The molecule has 5 heteroatoms. The maximum atomic E-state index is 11.8. The Labute approximate surface area is 126 Å². The third-order valence-corrected chi connectivity index (χ3v) is 3.14. The number of carbonyl (C=O) groups excluding carboxylic acids is 1. The van der Waals surface area contributed by atoms with Crippen LogP contribution in [-0.2, 0) is 4.74 Å². The van der Waals surface area contributed by atoms with Crippen LogP contribution >= 0.6 is 12.4 Å². The van der Waals surface area contributed by atoms with Crippen LogP contribution < -0.4 is 10.6 Å². The number of ether oxygens (including phenoxy) is 1. The molecule has 1 aromatic carbocycles. The summed E-state index contributed by atoms with van der Waals surface area (Å²) < 4.78 is 5.31. The Kier molecular flexibility index (Phi) is 5.84. The molecule has 0 aliphatic carbocycles. The molecular formula is C15H23ClN2O2. The smallest absolute Gasteiger partial charge is 0.407 e. The number of carbonyl (C=O) groups is 1. The van der Waals surface area contributed by atoms with Gasteiger partial charge in [-0.3, -0.25) is 0 Å². The quantitative estimate of drug-likeness (QED) is 0.882. The molecule has 2 unspecified atom stereocenters. The predicted molar refractivity (Wildman–Crippen MR) is 82.5 cm³/mol. The first-order chi connectivity index (χ1) is 8.96. The van der Waals surface area contributed by atoms with Crippen LogP contribution in [0, 0.1) is 0 Å². The molecule has 4 nitrogen and oxygen atoms in total. The maximum Gasteiger partial charge on any atom is 0.407 e. The van der Waals surface area contributed by atoms with Crippen molar-refractivity contribution in [1.29, 1.82) is 0 Å². The minimum atomic E-state index is -0.460. The van der Waals surface area contributed by atoms with Gasteiger partial charge in [-0.15, -0.1) is 12.4 Å². The number of rotatable bonds is 2. The van der Waals surface area contributed by atoms with E-state index in [2.05, 4.69) is 22.8 Å². The van der Waals surface area contributed by atoms with Crippen LogP contribution in [0.4, 0.5) is 4.79 Å². The fourth-order valence-corrected chi connectivity index (χ4v) is 2.34. The van der Waals surface area contributed by atoms with Crippen molar-refractivity contribution in [2.24, 2.45) is 0 Å². The molecule has 1 aliphatic heterocycles. The Balaban J connectivity index is 0.00000200. The Morgan fingerprint density at radius 3 is 2.50 bits per heavy atom. The van der Waals surface area contributed by atoms with Crippen LogP contribution in [0.5, 0.6) is 0 Å². The average molecular weight is 299 g/mol. The summed E-state index contributed by atoms with van der Waals surface area (Å²) in [4.78, 5) is 11.8. The van der Waals surface area contributed by atoms with Crippen molar-refractivity contribution in [1.82, 2.24) is 10.6 Å². The SMILES string of the molecule is CC(C)(C)OC(=O)NC1CNCC1c1ccccc1.Cl. The summed E-state index contributed by atoms with van der Waals surface area (Å²) >= 11 is 0. The van der Waals surface area contributed by atoms with E-state index in [1.165, 1.54) is 5.56 Å². The topological polar surface area (TPSA) is 50.4 Å². The first-order valence-electron chi connectivity index (χ1n) is 6.71. The molecule has 2 N–H and O–H groups in total. The molecule has 0 spiro atoms. The summed E-state index contributed by atoms with van der Waals surface area (Å²) in [6, 6.07) is 10.3. The van der Waals surface area contributed by atoms with E-state index in [0.29, 0.717) is 5.92 Å². The second-order valence-corrected chi connectivity index (χ2v) is 5.93. The molecule has 0 radical (unpaired) electrons. The maximum absolute atomic E-state index is 11.8. The van der Waals surface area contributed by atoms with E-state index in [1.807, 2.05) is 39.0 Å². The summed E-state index contributed by atoms with van der Waals surface area (Å²) in [7, 11) is 0. The lowest BCUT2D eigenvalue weighted by Crippen LogP contribution is -2.42. The van der Waals surface area contributed by atoms with Gasteiger partial charge in [0.05, 0.1) is 6.04 Å². The molecule has 1 amide bonds. The van der Waals surface area contributed by atoms with Crippen molar-refractivity contribution >= 4 is 18.5 Å². The van der Waals surface area contributed by atoms with Gasteiger partial charge in [-0.1, -0.05) is 30.3 Å². The van der Waals surface area contributed by atoms with Gasteiger partial charge in [0.2, 0.25) is 0 Å². The fraction of sp³-hybridized carbons (Fsp3) is 0.533. The highest BCUT2D eigenvalue weighted by Crippen LogP contribution is 2.22. The molecule has 2 atom stereocenters. The van der Waals surface area contributed by atoms with Crippen LogP contribution in [0.1, 0.15) is 32.3 Å². The van der Waals surface area contributed by atoms with Gasteiger partial charge in [0, 0.05) is 19.0 Å². The van der Waals surface area contributed by atoms with Gasteiger partial charge in [0.1, 0.15) is 5.60 Å². The van der Waals surface area contributed by atoms with E-state index in [9.17, 15) is 4.79 Å². The standard InChI is InChI=1S/C15H22N2O2.ClH/c1-15(2,3)19-14(18)17-13-10-16-9-12(13)11-7-5-4-6-8-11;/h4-8,12-13,16H,9-10H2,1-3H3,(H,17,18);1H. The Bertz CT molecular complexity index is 431. The number of amides is 1. The summed E-state index contributed by atoms with van der Waals surface area (Å²) in [5.74, 6) is 0.300. The third-order valence-electron chi connectivity index (χ3n) is 3.14. The van der Waals surface area contributed by atoms with E-state index >= 15 is 0 Å². The number of alkyl carbamates (subject to hydrolysis) is 1. The van der Waals surface area contributed by atoms with Gasteiger partial charge in [0.15, 0.2) is 0 Å². The van der Waals surface area contributed by atoms with Crippen molar-refractivity contribution in [2.45, 2.75) is 38.3 Å². The number of nitrogens with one attached hydrogen (secondary N) is 2. The van der Waals surface area contributed by atoms with Crippen molar-refractivity contribution in [2.75, 3.05) is 13.1 Å². The van der Waals surface area contributed by atoms with Gasteiger partial charge in [0.25, 0.3) is 0 Å². The normalized spacial score (nSPS) is 21.9. The second-order valence-electron chi connectivity index (χ2n) is 5.93. The van der Waals surface area contributed by atoms with Crippen molar-refractivity contribution < 1.29 is 9.53 Å². The van der Waals surface area contributed by atoms with Crippen LogP contribution in [0.25, 0.3) is 0 Å². The highest BCUT2D eigenvalue weighted by molar-refractivity contribution is 5.85. The molecule has 20 heavy (non-hydrogen) atoms. The molecule has 2 rings (SSSR count). The molecule has 0 saturated carbocycles. The van der Waals surface area contributed by atoms with Gasteiger partial charge in [-0.05, 0) is 26.3 Å². The average Bonchev–Trinajstić information content (AvgIpc) is 2.75. The van der Waals surface area contributed by atoms with Crippen molar-refractivity contribution in [3.05, 3.63) is 35.9 Å². The molecule has 1 fully saturated rings. The van der Waals surface area contributed by atoms with Gasteiger partial charge < -0.3 is 15.4 Å². The lowest BCUT2D eigenvalue weighted by Gasteiger charge is -2.24. The number of hydrogen-bond donors (Lipinski definition) is 2. The fourth-order valence-electron chi connectivity index (χ4n) is 2.34. The zero-order valence-electron chi connectivity index (χ0n) is 12.2. The zero-order valence-corrected chi connectivity index (χ0v) is 13.0. The van der Waals surface area contributed by atoms with Gasteiger partial charge in [-0.25, -0.2) is 4.79 Å². The summed E-state index contributed by atoms with van der Waals surface area (Å²) in [6.45, 7) is 7.26. The minimum absolute atomic E-state index is 0. The van der Waals surface area contributed by atoms with Gasteiger partial charge in [-0.2, -0.15) is 0 Å². The number of benzene rings is 1. The van der Waals surface area contributed by atoms with Crippen LogP contribution in [0.15, 0.2) is 30.3 Å². The molecule has 0 bridgehead atoms. The summed E-state index contributed by atoms with van der Waals surface area (Å²) in [6.07, 6.45) is -0.345. The zero-order chi connectivity index (χ0) is 13.9. The first kappa shape index (κ1) is 16.8. The van der Waals surface area contributed by atoms with E-state index < -0.39 is 5.60 Å². The third kappa shape index (κ3) is 4.69. The number of hydrogen-bond acceptors (Lipinski definition) is 3. The highest BCUT2D eigenvalue weighted by atomic mass is 35.5. The molecule has 1 heterocycles. The van der Waals surface area contributed by atoms with Crippen LogP contribution in [-0.4, -0.2) is 30.8 Å². The highest BCUT2D eigenvalue weighted by Gasteiger charge is 2.30. The van der Waals surface area contributed by atoms with E-state index in [0.717, 1.165) is 13.1 Å². The first-order valence-corrected chi connectivity index (χ1v) is 6.71. The Morgan fingerprint density at radius 2 is 1.90 bits per heavy atom. The molecule has 1 saturated heterocycles. The largest absolute Gasteiger partial charge is 0.444 e. The number of halogens is 1. The lowest BCUT2D eigenvalue weighted by molar-refractivity contribution is 0.0504. The molecule has 1 aromatic rings. The summed E-state index contributed by atoms with van der Waals surface area (Å²) in [5, 5.41) is 6.28. The van der Waals surface area contributed by atoms with Crippen molar-refractivity contribution in [3.63, 3.8) is 0 Å². The minimum Gasteiger partial charge on any atom is -0.444 e. The molecule has 112 valence electrons. The predicted octanol–water partition coefficient (Wildman–Crippen LogP) is 2.69. The van der Waals surface area contributed by atoms with Crippen LogP contribution in [0.2, 0.25) is 0 Å². The van der Waals surface area contributed by atoms with E-state index in [-0.39, 0.29) is 24.5 Å². The van der Waals surface area contributed by atoms with E-state index in [1.54, 1.807) is 0 Å². The molecule has 1 aliphatic rings.